The SMILES string of the molecule is Fc1ccc(-c2noc(-c3cc(F)c(F)cc3Cl)n2)cc1. The van der Waals surface area contributed by atoms with Gasteiger partial charge >= 0.3 is 0 Å². The number of halogens is 4. The van der Waals surface area contributed by atoms with Crippen LogP contribution in [0.2, 0.25) is 5.02 Å². The van der Waals surface area contributed by atoms with Crippen LogP contribution in [0.4, 0.5) is 13.2 Å². The van der Waals surface area contributed by atoms with Gasteiger partial charge in [-0.3, -0.25) is 0 Å². The molecule has 3 aromatic rings. The highest BCUT2D eigenvalue weighted by atomic mass is 35.5. The van der Waals surface area contributed by atoms with Crippen molar-refractivity contribution in [2.24, 2.45) is 0 Å². The van der Waals surface area contributed by atoms with E-state index in [9.17, 15) is 13.2 Å². The average molecular weight is 311 g/mol. The molecule has 0 radical (unpaired) electrons. The van der Waals surface area contributed by atoms with Crippen molar-refractivity contribution in [3.05, 3.63) is 58.9 Å². The summed E-state index contributed by atoms with van der Waals surface area (Å²) in [5.41, 5.74) is 0.599. The molecule has 0 spiro atoms. The summed E-state index contributed by atoms with van der Waals surface area (Å²) in [6, 6.07) is 7.13. The number of hydrogen-bond acceptors (Lipinski definition) is 3. The molecule has 1 aromatic heterocycles. The topological polar surface area (TPSA) is 38.9 Å². The summed E-state index contributed by atoms with van der Waals surface area (Å²) >= 11 is 5.83. The Morgan fingerprint density at radius 2 is 1.62 bits per heavy atom. The summed E-state index contributed by atoms with van der Waals surface area (Å²) in [5.74, 6) is -2.41. The van der Waals surface area contributed by atoms with Crippen molar-refractivity contribution in [2.75, 3.05) is 0 Å². The zero-order chi connectivity index (χ0) is 15.0. The van der Waals surface area contributed by atoms with Gasteiger partial charge in [-0.1, -0.05) is 16.8 Å². The van der Waals surface area contributed by atoms with E-state index in [1.807, 2.05) is 0 Å². The van der Waals surface area contributed by atoms with Gasteiger partial charge in [0.1, 0.15) is 5.82 Å². The van der Waals surface area contributed by atoms with Gasteiger partial charge in [0.25, 0.3) is 5.89 Å². The minimum atomic E-state index is -1.07. The van der Waals surface area contributed by atoms with Crippen molar-refractivity contribution in [1.82, 2.24) is 10.1 Å². The summed E-state index contributed by atoms with van der Waals surface area (Å²) in [5, 5.41) is 3.65. The first-order valence-electron chi connectivity index (χ1n) is 5.79. The Labute approximate surface area is 122 Å². The molecule has 0 unspecified atom stereocenters. The van der Waals surface area contributed by atoms with Gasteiger partial charge in [-0.15, -0.1) is 0 Å². The minimum Gasteiger partial charge on any atom is -0.334 e. The van der Waals surface area contributed by atoms with Crippen LogP contribution in [0.25, 0.3) is 22.8 Å². The minimum absolute atomic E-state index is 0.0526. The predicted molar refractivity (Wildman–Crippen MR) is 70.1 cm³/mol. The highest BCUT2D eigenvalue weighted by molar-refractivity contribution is 6.33. The van der Waals surface area contributed by atoms with Gasteiger partial charge in [0, 0.05) is 5.56 Å². The summed E-state index contributed by atoms with van der Waals surface area (Å²) < 4.78 is 44.1. The standard InChI is InChI=1S/C14H6ClF3N2O/c15-10-6-12(18)11(17)5-9(10)14-19-13(20-21-14)7-1-3-8(16)4-2-7/h1-6H. The Kier molecular flexibility index (Phi) is 3.39. The monoisotopic (exact) mass is 310 g/mol. The van der Waals surface area contributed by atoms with E-state index in [1.54, 1.807) is 0 Å². The molecule has 0 saturated heterocycles. The molecule has 0 fully saturated rings. The van der Waals surface area contributed by atoms with Crippen molar-refractivity contribution in [2.45, 2.75) is 0 Å². The Morgan fingerprint density at radius 3 is 2.33 bits per heavy atom. The van der Waals surface area contributed by atoms with E-state index in [4.69, 9.17) is 16.1 Å². The third-order valence-electron chi connectivity index (χ3n) is 2.77. The smallest absolute Gasteiger partial charge is 0.259 e. The molecule has 0 aliphatic rings. The molecule has 3 rings (SSSR count). The van der Waals surface area contributed by atoms with Crippen LogP contribution in [-0.2, 0) is 0 Å². The Bertz CT molecular complexity index is 802. The van der Waals surface area contributed by atoms with Crippen molar-refractivity contribution >= 4 is 11.6 Å². The molecule has 0 N–H and O–H groups in total. The molecule has 0 aliphatic carbocycles. The van der Waals surface area contributed by atoms with E-state index in [-0.39, 0.29) is 22.3 Å². The van der Waals surface area contributed by atoms with Crippen LogP contribution in [0.15, 0.2) is 40.9 Å². The van der Waals surface area contributed by atoms with Crippen LogP contribution in [0.3, 0.4) is 0 Å². The second-order valence-electron chi connectivity index (χ2n) is 4.18. The lowest BCUT2D eigenvalue weighted by Gasteiger charge is -1.99. The fraction of sp³-hybridized carbons (Fsp3) is 0. The van der Waals surface area contributed by atoms with Crippen molar-refractivity contribution in [3.8, 4) is 22.8 Å². The van der Waals surface area contributed by atoms with Crippen LogP contribution in [0.1, 0.15) is 0 Å². The second kappa shape index (κ2) is 5.21. The highest BCUT2D eigenvalue weighted by Gasteiger charge is 2.16. The third kappa shape index (κ3) is 2.62. The Hall–Kier alpha value is -2.34. The molecular formula is C14H6ClF3N2O. The first-order chi connectivity index (χ1) is 10.0. The number of rotatable bonds is 2. The van der Waals surface area contributed by atoms with Gasteiger partial charge in [0.05, 0.1) is 10.6 Å². The largest absolute Gasteiger partial charge is 0.334 e. The van der Waals surface area contributed by atoms with Crippen molar-refractivity contribution in [3.63, 3.8) is 0 Å². The number of hydrogen-bond donors (Lipinski definition) is 0. The van der Waals surface area contributed by atoms with Gasteiger partial charge in [-0.2, -0.15) is 4.98 Å². The molecule has 0 amide bonds. The zero-order valence-corrected chi connectivity index (χ0v) is 11.0. The quantitative estimate of drug-likeness (QED) is 0.655. The van der Waals surface area contributed by atoms with Crippen LogP contribution < -0.4 is 0 Å². The number of aromatic nitrogens is 2. The van der Waals surface area contributed by atoms with E-state index in [1.165, 1.54) is 24.3 Å². The maximum atomic E-state index is 13.3. The molecule has 3 nitrogen and oxygen atoms in total. The van der Waals surface area contributed by atoms with Crippen LogP contribution in [0, 0.1) is 17.5 Å². The maximum Gasteiger partial charge on any atom is 0.259 e. The van der Waals surface area contributed by atoms with Crippen molar-refractivity contribution < 1.29 is 17.7 Å². The van der Waals surface area contributed by atoms with Gasteiger partial charge in [-0.25, -0.2) is 13.2 Å². The normalized spacial score (nSPS) is 10.9. The Morgan fingerprint density at radius 1 is 0.952 bits per heavy atom. The van der Waals surface area contributed by atoms with E-state index in [2.05, 4.69) is 10.1 Å². The predicted octanol–water partition coefficient (Wildman–Crippen LogP) is 4.47. The zero-order valence-electron chi connectivity index (χ0n) is 10.3. The molecule has 0 saturated carbocycles. The Balaban J connectivity index is 2.02. The van der Waals surface area contributed by atoms with Crippen LogP contribution in [0.5, 0.6) is 0 Å². The van der Waals surface area contributed by atoms with E-state index in [0.717, 1.165) is 12.1 Å². The van der Waals surface area contributed by atoms with Crippen molar-refractivity contribution in [1.29, 1.82) is 0 Å². The molecule has 0 atom stereocenters. The van der Waals surface area contributed by atoms with Crippen LogP contribution >= 0.6 is 11.6 Å². The van der Waals surface area contributed by atoms with Gasteiger partial charge in [0.2, 0.25) is 5.82 Å². The molecule has 21 heavy (non-hydrogen) atoms. The molecule has 0 aliphatic heterocycles. The lowest BCUT2D eigenvalue weighted by atomic mass is 10.2. The molecule has 0 bridgehead atoms. The third-order valence-corrected chi connectivity index (χ3v) is 3.08. The lowest BCUT2D eigenvalue weighted by molar-refractivity contribution is 0.431. The molecule has 2 aromatic carbocycles. The lowest BCUT2D eigenvalue weighted by Crippen LogP contribution is -1.88. The summed E-state index contributed by atoms with van der Waals surface area (Å²) in [7, 11) is 0. The molecule has 1 heterocycles. The number of benzene rings is 2. The fourth-order valence-corrected chi connectivity index (χ4v) is 1.97. The van der Waals surface area contributed by atoms with Gasteiger partial charge in [0.15, 0.2) is 11.6 Å². The highest BCUT2D eigenvalue weighted by Crippen LogP contribution is 2.30. The van der Waals surface area contributed by atoms with Gasteiger partial charge < -0.3 is 4.52 Å². The molecular weight excluding hydrogens is 305 g/mol. The average Bonchev–Trinajstić information content (AvgIpc) is 2.93. The fourth-order valence-electron chi connectivity index (χ4n) is 1.74. The van der Waals surface area contributed by atoms with E-state index >= 15 is 0 Å². The van der Waals surface area contributed by atoms with Gasteiger partial charge in [-0.05, 0) is 36.4 Å². The summed E-state index contributed by atoms with van der Waals surface area (Å²) in [4.78, 5) is 4.04. The molecule has 7 heteroatoms. The number of nitrogens with zero attached hydrogens (tertiary/aromatic N) is 2. The van der Waals surface area contributed by atoms with E-state index < -0.39 is 17.5 Å². The second-order valence-corrected chi connectivity index (χ2v) is 4.58. The maximum absolute atomic E-state index is 13.3. The first kappa shape index (κ1) is 13.6. The first-order valence-corrected chi connectivity index (χ1v) is 6.17. The molecule has 106 valence electrons. The summed E-state index contributed by atoms with van der Waals surface area (Å²) in [6.07, 6.45) is 0. The van der Waals surface area contributed by atoms with Crippen LogP contribution in [-0.4, -0.2) is 10.1 Å². The summed E-state index contributed by atoms with van der Waals surface area (Å²) in [6.45, 7) is 0. The van der Waals surface area contributed by atoms with E-state index in [0.29, 0.717) is 5.56 Å².